The Bertz CT molecular complexity index is 451. The summed E-state index contributed by atoms with van der Waals surface area (Å²) in [4.78, 5) is 0. The van der Waals surface area contributed by atoms with Crippen molar-refractivity contribution in [2.45, 2.75) is 19.3 Å². The Balaban J connectivity index is 1.90. The molecule has 2 heteroatoms. The zero-order valence-corrected chi connectivity index (χ0v) is 9.89. The molecule has 2 aromatic carbocycles. The molecule has 2 rings (SSSR count). The molecule has 3 N–H and O–H groups in total. The molecule has 0 fully saturated rings. The van der Waals surface area contributed by atoms with Crippen LogP contribution in [0.3, 0.4) is 0 Å². The van der Waals surface area contributed by atoms with Crippen LogP contribution in [0.5, 0.6) is 0 Å². The zero-order valence-electron chi connectivity index (χ0n) is 9.89. The Hall–Kier alpha value is -1.80. The summed E-state index contributed by atoms with van der Waals surface area (Å²) in [5.74, 6) is 5.48. The molecule has 0 heterocycles. The predicted octanol–water partition coefficient (Wildman–Crippen LogP) is 3.15. The second kappa shape index (κ2) is 6.06. The van der Waals surface area contributed by atoms with Crippen molar-refractivity contribution in [3.63, 3.8) is 0 Å². The topological polar surface area (TPSA) is 38.0 Å². The van der Waals surface area contributed by atoms with E-state index in [-0.39, 0.29) is 0 Å². The minimum Gasteiger partial charge on any atom is -0.324 e. The van der Waals surface area contributed by atoms with Crippen LogP contribution in [0.4, 0.5) is 5.69 Å². The number of aryl methyl sites for hydroxylation is 2. The average Bonchev–Trinajstić information content (AvgIpc) is 2.40. The second-order valence-electron chi connectivity index (χ2n) is 4.14. The molecule has 0 radical (unpaired) electrons. The molecular weight excluding hydrogens is 208 g/mol. The molecule has 17 heavy (non-hydrogen) atoms. The van der Waals surface area contributed by atoms with Crippen LogP contribution >= 0.6 is 0 Å². The number of anilines is 1. The molecule has 0 spiro atoms. The van der Waals surface area contributed by atoms with Gasteiger partial charge in [0.1, 0.15) is 0 Å². The van der Waals surface area contributed by atoms with Crippen molar-refractivity contribution in [2.75, 3.05) is 5.43 Å². The average molecular weight is 226 g/mol. The van der Waals surface area contributed by atoms with Gasteiger partial charge in [-0.05, 0) is 36.5 Å². The summed E-state index contributed by atoms with van der Waals surface area (Å²) in [7, 11) is 0. The van der Waals surface area contributed by atoms with E-state index in [0.29, 0.717) is 0 Å². The third-order valence-electron chi connectivity index (χ3n) is 2.93. The highest BCUT2D eigenvalue weighted by atomic mass is 15.2. The van der Waals surface area contributed by atoms with E-state index in [9.17, 15) is 0 Å². The maximum absolute atomic E-state index is 5.48. The summed E-state index contributed by atoms with van der Waals surface area (Å²) < 4.78 is 0. The van der Waals surface area contributed by atoms with E-state index in [1.165, 1.54) is 11.1 Å². The minimum atomic E-state index is 1.03. The van der Waals surface area contributed by atoms with Crippen LogP contribution in [-0.4, -0.2) is 0 Å². The van der Waals surface area contributed by atoms with E-state index < -0.39 is 0 Å². The summed E-state index contributed by atoms with van der Waals surface area (Å²) in [6.07, 6.45) is 3.30. The zero-order chi connectivity index (χ0) is 11.9. The smallest absolute Gasteiger partial charge is 0.0517 e. The fraction of sp³-hybridized carbons (Fsp3) is 0.200. The van der Waals surface area contributed by atoms with Gasteiger partial charge in [0.05, 0.1) is 5.69 Å². The van der Waals surface area contributed by atoms with E-state index in [4.69, 9.17) is 5.84 Å². The van der Waals surface area contributed by atoms with Crippen molar-refractivity contribution in [3.05, 3.63) is 65.7 Å². The molecule has 0 unspecified atom stereocenters. The van der Waals surface area contributed by atoms with Gasteiger partial charge in [-0.25, -0.2) is 0 Å². The number of hydrogen-bond donors (Lipinski definition) is 2. The first-order valence-electron chi connectivity index (χ1n) is 5.98. The van der Waals surface area contributed by atoms with Crippen molar-refractivity contribution in [2.24, 2.45) is 5.84 Å². The molecule has 0 saturated heterocycles. The molecule has 88 valence electrons. The highest BCUT2D eigenvalue weighted by molar-refractivity contribution is 5.49. The fourth-order valence-electron chi connectivity index (χ4n) is 2.01. The molecule has 0 saturated carbocycles. The van der Waals surface area contributed by atoms with Gasteiger partial charge in [0, 0.05) is 0 Å². The summed E-state index contributed by atoms with van der Waals surface area (Å²) in [5.41, 5.74) is 6.45. The lowest BCUT2D eigenvalue weighted by Crippen LogP contribution is -2.09. The first-order chi connectivity index (χ1) is 8.40. The highest BCUT2D eigenvalue weighted by Crippen LogP contribution is 2.16. The van der Waals surface area contributed by atoms with Gasteiger partial charge in [-0.2, -0.15) is 0 Å². The van der Waals surface area contributed by atoms with Gasteiger partial charge in [-0.3, -0.25) is 5.84 Å². The number of nitrogens with one attached hydrogen (secondary N) is 1. The number of hydrogen-bond acceptors (Lipinski definition) is 2. The summed E-state index contributed by atoms with van der Waals surface area (Å²) in [6.45, 7) is 0. The van der Waals surface area contributed by atoms with Crippen molar-refractivity contribution in [1.29, 1.82) is 0 Å². The van der Waals surface area contributed by atoms with Crippen LogP contribution < -0.4 is 11.3 Å². The Kier molecular flexibility index (Phi) is 4.17. The largest absolute Gasteiger partial charge is 0.324 e. The van der Waals surface area contributed by atoms with E-state index in [2.05, 4.69) is 47.9 Å². The lowest BCUT2D eigenvalue weighted by atomic mass is 10.0. The summed E-state index contributed by atoms with van der Waals surface area (Å²) in [6, 6.07) is 18.8. The third-order valence-corrected chi connectivity index (χ3v) is 2.93. The van der Waals surface area contributed by atoms with Gasteiger partial charge in [-0.1, -0.05) is 48.5 Å². The number of rotatable bonds is 5. The second-order valence-corrected chi connectivity index (χ2v) is 4.14. The lowest BCUT2D eigenvalue weighted by molar-refractivity contribution is 0.821. The number of hydrazine groups is 1. The van der Waals surface area contributed by atoms with Crippen LogP contribution in [0.15, 0.2) is 54.6 Å². The van der Waals surface area contributed by atoms with Crippen molar-refractivity contribution < 1.29 is 0 Å². The molecule has 0 aliphatic heterocycles. The molecular formula is C15H18N2. The van der Waals surface area contributed by atoms with E-state index in [1.54, 1.807) is 0 Å². The van der Waals surface area contributed by atoms with Crippen molar-refractivity contribution >= 4 is 5.69 Å². The molecule has 0 atom stereocenters. The SMILES string of the molecule is NNc1ccccc1CCCc1ccccc1. The first-order valence-corrected chi connectivity index (χ1v) is 5.98. The molecule has 0 amide bonds. The Labute approximate surface area is 102 Å². The maximum atomic E-state index is 5.48. The highest BCUT2D eigenvalue weighted by Gasteiger charge is 2.00. The van der Waals surface area contributed by atoms with Crippen molar-refractivity contribution in [1.82, 2.24) is 0 Å². The molecule has 0 aromatic heterocycles. The minimum absolute atomic E-state index is 1.03. The summed E-state index contributed by atoms with van der Waals surface area (Å²) >= 11 is 0. The molecule has 2 nitrogen and oxygen atoms in total. The molecule has 0 aliphatic carbocycles. The van der Waals surface area contributed by atoms with Crippen LogP contribution in [0.25, 0.3) is 0 Å². The standard InChI is InChI=1S/C15H18N2/c16-17-15-12-5-4-10-14(15)11-6-9-13-7-2-1-3-8-13/h1-5,7-8,10,12,17H,6,9,11,16H2. The first kappa shape index (κ1) is 11.7. The number of nitrogens with two attached hydrogens (primary N) is 1. The van der Waals surface area contributed by atoms with E-state index in [1.807, 2.05) is 12.1 Å². The number of para-hydroxylation sites is 1. The third kappa shape index (κ3) is 3.33. The van der Waals surface area contributed by atoms with E-state index >= 15 is 0 Å². The predicted molar refractivity (Wildman–Crippen MR) is 72.7 cm³/mol. The molecule has 2 aromatic rings. The van der Waals surface area contributed by atoms with Crippen LogP contribution in [0, 0.1) is 0 Å². The molecule has 0 aliphatic rings. The van der Waals surface area contributed by atoms with Gasteiger partial charge >= 0.3 is 0 Å². The number of benzene rings is 2. The normalized spacial score (nSPS) is 10.2. The Morgan fingerprint density at radius 2 is 1.53 bits per heavy atom. The van der Waals surface area contributed by atoms with Crippen molar-refractivity contribution in [3.8, 4) is 0 Å². The fourth-order valence-corrected chi connectivity index (χ4v) is 2.01. The lowest BCUT2D eigenvalue weighted by Gasteiger charge is -2.08. The van der Waals surface area contributed by atoms with Crippen LogP contribution in [0.2, 0.25) is 0 Å². The number of nitrogen functional groups attached to an aromatic ring is 1. The van der Waals surface area contributed by atoms with Gasteiger partial charge in [0.2, 0.25) is 0 Å². The van der Waals surface area contributed by atoms with Gasteiger partial charge in [-0.15, -0.1) is 0 Å². The van der Waals surface area contributed by atoms with Gasteiger partial charge in [0.15, 0.2) is 0 Å². The Morgan fingerprint density at radius 3 is 2.29 bits per heavy atom. The van der Waals surface area contributed by atoms with E-state index in [0.717, 1.165) is 24.9 Å². The maximum Gasteiger partial charge on any atom is 0.0517 e. The van der Waals surface area contributed by atoms with Gasteiger partial charge < -0.3 is 5.43 Å². The van der Waals surface area contributed by atoms with Crippen LogP contribution in [0.1, 0.15) is 17.5 Å². The monoisotopic (exact) mass is 226 g/mol. The quantitative estimate of drug-likeness (QED) is 0.607. The summed E-state index contributed by atoms with van der Waals surface area (Å²) in [5, 5.41) is 0. The van der Waals surface area contributed by atoms with Crippen LogP contribution in [-0.2, 0) is 12.8 Å². The Morgan fingerprint density at radius 1 is 0.824 bits per heavy atom. The molecule has 0 bridgehead atoms. The van der Waals surface area contributed by atoms with Gasteiger partial charge in [0.25, 0.3) is 0 Å².